The Hall–Kier alpha value is -3.63. The largest absolute Gasteiger partial charge is 0.368 e. The molecule has 1 aliphatic rings. The first-order chi connectivity index (χ1) is 17.8. The first-order valence-corrected chi connectivity index (χ1v) is 12.9. The minimum absolute atomic E-state index is 0.0264. The number of anilines is 3. The zero-order chi connectivity index (χ0) is 26.3. The van der Waals surface area contributed by atoms with Crippen LogP contribution >= 0.6 is 11.6 Å². The second kappa shape index (κ2) is 10.0. The van der Waals surface area contributed by atoms with E-state index in [2.05, 4.69) is 27.1 Å². The Kier molecular flexibility index (Phi) is 6.78. The van der Waals surface area contributed by atoms with E-state index in [1.807, 2.05) is 39.0 Å². The van der Waals surface area contributed by atoms with Crippen molar-refractivity contribution in [2.45, 2.75) is 33.4 Å². The molecule has 0 atom stereocenters. The molecule has 0 saturated carbocycles. The van der Waals surface area contributed by atoms with Crippen LogP contribution in [0.1, 0.15) is 26.8 Å². The third-order valence-corrected chi connectivity index (χ3v) is 7.05. The van der Waals surface area contributed by atoms with Crippen LogP contribution in [0.4, 0.5) is 17.3 Å². The SMILES string of the molecule is CCn1c(=O)c2cnc(Nc3ccc(N4CCN(C)CC4)c(Cl)c3)nc2n1-c1ccc(=O)n(C(C)C)c1. The summed E-state index contributed by atoms with van der Waals surface area (Å²) in [5, 5.41) is 4.28. The summed E-state index contributed by atoms with van der Waals surface area (Å²) in [5.41, 5.74) is 2.59. The van der Waals surface area contributed by atoms with Crippen molar-refractivity contribution in [1.82, 2.24) is 28.8 Å². The molecular formula is C26H31ClN8O2. The molecule has 194 valence electrons. The number of piperazine rings is 1. The smallest absolute Gasteiger partial charge is 0.278 e. The fourth-order valence-corrected chi connectivity index (χ4v) is 4.97. The van der Waals surface area contributed by atoms with Gasteiger partial charge in [-0.2, -0.15) is 4.98 Å². The lowest BCUT2D eigenvalue weighted by molar-refractivity contribution is 0.313. The highest BCUT2D eigenvalue weighted by molar-refractivity contribution is 6.33. The van der Waals surface area contributed by atoms with Crippen molar-refractivity contribution in [1.29, 1.82) is 0 Å². The van der Waals surface area contributed by atoms with Gasteiger partial charge in [-0.3, -0.25) is 9.59 Å². The number of nitrogens with zero attached hydrogens (tertiary/aromatic N) is 7. The number of aromatic nitrogens is 5. The molecular weight excluding hydrogens is 492 g/mol. The number of hydrogen-bond donors (Lipinski definition) is 1. The number of pyridine rings is 1. The third kappa shape index (κ3) is 4.74. The second-order valence-corrected chi connectivity index (χ2v) is 9.98. The van der Waals surface area contributed by atoms with E-state index in [0.29, 0.717) is 34.2 Å². The minimum Gasteiger partial charge on any atom is -0.368 e. The number of nitrogens with one attached hydrogen (secondary N) is 1. The van der Waals surface area contributed by atoms with Crippen LogP contribution in [0.2, 0.25) is 5.02 Å². The number of likely N-dealkylation sites (N-methyl/N-ethyl adjacent to an activating group) is 1. The molecule has 0 bridgehead atoms. The molecule has 0 radical (unpaired) electrons. The van der Waals surface area contributed by atoms with Crippen molar-refractivity contribution in [2.75, 3.05) is 43.4 Å². The molecule has 0 amide bonds. The van der Waals surface area contributed by atoms with Crippen molar-refractivity contribution in [3.8, 4) is 5.69 Å². The van der Waals surface area contributed by atoms with Crippen LogP contribution < -0.4 is 21.3 Å². The van der Waals surface area contributed by atoms with Gasteiger partial charge in [-0.25, -0.2) is 14.3 Å². The van der Waals surface area contributed by atoms with Crippen molar-refractivity contribution in [2.24, 2.45) is 0 Å². The fourth-order valence-electron chi connectivity index (χ4n) is 4.67. The maximum atomic E-state index is 13.1. The molecule has 10 nitrogen and oxygen atoms in total. The summed E-state index contributed by atoms with van der Waals surface area (Å²) in [6, 6.07) is 9.02. The quantitative estimate of drug-likeness (QED) is 0.414. The Morgan fingerprint density at radius 1 is 1.08 bits per heavy atom. The van der Waals surface area contributed by atoms with Crippen molar-refractivity contribution < 1.29 is 0 Å². The zero-order valence-corrected chi connectivity index (χ0v) is 22.2. The fraction of sp³-hybridized carbons (Fsp3) is 0.385. The highest BCUT2D eigenvalue weighted by Crippen LogP contribution is 2.30. The predicted octanol–water partition coefficient (Wildman–Crippen LogP) is 3.49. The maximum absolute atomic E-state index is 13.1. The van der Waals surface area contributed by atoms with Gasteiger partial charge in [0.15, 0.2) is 5.65 Å². The van der Waals surface area contributed by atoms with Gasteiger partial charge in [0.1, 0.15) is 5.39 Å². The molecule has 0 aliphatic carbocycles. The molecule has 37 heavy (non-hydrogen) atoms. The van der Waals surface area contributed by atoms with Gasteiger partial charge in [-0.1, -0.05) is 11.6 Å². The maximum Gasteiger partial charge on any atom is 0.278 e. The molecule has 4 heterocycles. The van der Waals surface area contributed by atoms with Gasteiger partial charge in [0.05, 0.1) is 16.4 Å². The van der Waals surface area contributed by atoms with Gasteiger partial charge < -0.3 is 19.7 Å². The van der Waals surface area contributed by atoms with Crippen LogP contribution in [0, 0.1) is 0 Å². The van der Waals surface area contributed by atoms with Crippen molar-refractivity contribution in [3.05, 3.63) is 68.5 Å². The van der Waals surface area contributed by atoms with Crippen LogP contribution in [0.25, 0.3) is 16.7 Å². The average Bonchev–Trinajstić information content (AvgIpc) is 3.16. The summed E-state index contributed by atoms with van der Waals surface area (Å²) in [6.07, 6.45) is 3.29. The molecule has 1 fully saturated rings. The molecule has 1 aliphatic heterocycles. The standard InChI is InChI=1S/C26H31ClN8O2/c1-5-34-25(37)20-15-28-26(30-24(20)35(34)19-7-9-23(36)33(16-19)17(2)3)29-18-6-8-22(21(27)14-18)32-12-10-31(4)11-13-32/h6-9,14-17H,5,10-13H2,1-4H3,(H,28,29,30). The van der Waals surface area contributed by atoms with Crippen LogP contribution in [0.3, 0.4) is 0 Å². The zero-order valence-electron chi connectivity index (χ0n) is 21.5. The van der Waals surface area contributed by atoms with Crippen molar-refractivity contribution >= 4 is 40.0 Å². The number of rotatable bonds is 6. The van der Waals surface area contributed by atoms with E-state index in [-0.39, 0.29) is 17.2 Å². The van der Waals surface area contributed by atoms with Gasteiger partial charge >= 0.3 is 0 Å². The van der Waals surface area contributed by atoms with Gasteiger partial charge in [0.25, 0.3) is 11.1 Å². The molecule has 4 aromatic rings. The second-order valence-electron chi connectivity index (χ2n) is 9.57. The first-order valence-electron chi connectivity index (χ1n) is 12.5. The number of fused-ring (bicyclic) bond motifs is 1. The number of hydrogen-bond acceptors (Lipinski definition) is 7. The Balaban J connectivity index is 1.51. The monoisotopic (exact) mass is 522 g/mol. The predicted molar refractivity (Wildman–Crippen MR) is 148 cm³/mol. The molecule has 5 rings (SSSR count). The van der Waals surface area contributed by atoms with E-state index in [1.165, 1.54) is 12.3 Å². The van der Waals surface area contributed by atoms with Gasteiger partial charge in [-0.15, -0.1) is 0 Å². The molecule has 1 N–H and O–H groups in total. The topological polar surface area (TPSA) is 93.2 Å². The third-order valence-electron chi connectivity index (χ3n) is 6.75. The van der Waals surface area contributed by atoms with Gasteiger partial charge in [0.2, 0.25) is 5.95 Å². The van der Waals surface area contributed by atoms with Crippen LogP contribution in [-0.4, -0.2) is 62.0 Å². The Morgan fingerprint density at radius 3 is 2.51 bits per heavy atom. The summed E-state index contributed by atoms with van der Waals surface area (Å²) >= 11 is 6.65. The number of benzene rings is 1. The van der Waals surface area contributed by atoms with E-state index in [9.17, 15) is 9.59 Å². The average molecular weight is 523 g/mol. The summed E-state index contributed by atoms with van der Waals surface area (Å²) in [7, 11) is 2.12. The molecule has 11 heteroatoms. The van der Waals surface area contributed by atoms with Gasteiger partial charge in [-0.05, 0) is 52.1 Å². The molecule has 3 aromatic heterocycles. The minimum atomic E-state index is -0.189. The molecule has 1 aromatic carbocycles. The summed E-state index contributed by atoms with van der Waals surface area (Å²) < 4.78 is 4.97. The van der Waals surface area contributed by atoms with Crippen molar-refractivity contribution in [3.63, 3.8) is 0 Å². The van der Waals surface area contributed by atoms with Crippen LogP contribution in [0.15, 0.2) is 52.3 Å². The molecule has 0 unspecified atom stereocenters. The normalized spacial score (nSPS) is 14.6. The first kappa shape index (κ1) is 25.0. The molecule has 1 saturated heterocycles. The van der Waals surface area contributed by atoms with E-state index in [1.54, 1.807) is 26.2 Å². The lowest BCUT2D eigenvalue weighted by Crippen LogP contribution is -2.44. The van der Waals surface area contributed by atoms with Gasteiger partial charge in [0, 0.05) is 62.9 Å². The van der Waals surface area contributed by atoms with E-state index < -0.39 is 0 Å². The van der Waals surface area contributed by atoms with Crippen LogP contribution in [0.5, 0.6) is 0 Å². The lowest BCUT2D eigenvalue weighted by atomic mass is 10.2. The van der Waals surface area contributed by atoms with E-state index in [4.69, 9.17) is 16.6 Å². The highest BCUT2D eigenvalue weighted by atomic mass is 35.5. The summed E-state index contributed by atoms with van der Waals surface area (Å²) in [4.78, 5) is 39.1. The Labute approximate surface area is 219 Å². The Bertz CT molecular complexity index is 1560. The lowest BCUT2D eigenvalue weighted by Gasteiger charge is -2.34. The van der Waals surface area contributed by atoms with Crippen LogP contribution in [-0.2, 0) is 6.54 Å². The number of halogens is 1. The molecule has 0 spiro atoms. The Morgan fingerprint density at radius 2 is 1.84 bits per heavy atom. The highest BCUT2D eigenvalue weighted by Gasteiger charge is 2.19. The van der Waals surface area contributed by atoms with E-state index in [0.717, 1.165) is 37.6 Å². The van der Waals surface area contributed by atoms with E-state index >= 15 is 0 Å². The summed E-state index contributed by atoms with van der Waals surface area (Å²) in [6.45, 7) is 10.1. The summed E-state index contributed by atoms with van der Waals surface area (Å²) in [5.74, 6) is 0.343.